The van der Waals surface area contributed by atoms with Crippen molar-refractivity contribution in [2.75, 3.05) is 6.61 Å². The summed E-state index contributed by atoms with van der Waals surface area (Å²) in [6.07, 6.45) is 0. The first-order valence-corrected chi connectivity index (χ1v) is 12.0. The summed E-state index contributed by atoms with van der Waals surface area (Å²) in [7, 11) is -3.43. The van der Waals surface area contributed by atoms with E-state index in [0.717, 1.165) is 0 Å². The molecule has 0 bridgehead atoms. The zero-order valence-corrected chi connectivity index (χ0v) is 12.6. The van der Waals surface area contributed by atoms with Crippen molar-refractivity contribution in [2.24, 2.45) is 5.73 Å². The van der Waals surface area contributed by atoms with Crippen LogP contribution in [-0.2, 0) is 13.6 Å². The predicted octanol–water partition coefficient (Wildman–Crippen LogP) is 1.54. The first kappa shape index (κ1) is 14.8. The van der Waals surface area contributed by atoms with Gasteiger partial charge in [-0.15, -0.1) is 0 Å². The maximum absolute atomic E-state index is 11.5. The van der Waals surface area contributed by atoms with Crippen LogP contribution in [0.25, 0.3) is 0 Å². The van der Waals surface area contributed by atoms with E-state index in [1.165, 1.54) is 0 Å². The molecule has 0 aliphatic rings. The molecule has 90 valence electrons. The van der Waals surface area contributed by atoms with Crippen molar-refractivity contribution in [3.63, 3.8) is 0 Å². The minimum Gasteiger partial charge on any atom is -0.519 e. The van der Waals surface area contributed by atoms with Crippen LogP contribution in [0.2, 0.25) is 39.3 Å². The van der Waals surface area contributed by atoms with Gasteiger partial charge in [0.1, 0.15) is 6.04 Å². The Morgan fingerprint density at radius 3 is 1.93 bits per heavy atom. The van der Waals surface area contributed by atoms with Crippen molar-refractivity contribution in [1.29, 1.82) is 0 Å². The lowest BCUT2D eigenvalue weighted by Gasteiger charge is -2.23. The summed E-state index contributed by atoms with van der Waals surface area (Å²) >= 11 is 0. The smallest absolute Gasteiger partial charge is 0.311 e. The van der Waals surface area contributed by atoms with Crippen molar-refractivity contribution in [3.8, 4) is 0 Å². The summed E-state index contributed by atoms with van der Waals surface area (Å²) in [5, 5.41) is 0. The van der Waals surface area contributed by atoms with E-state index in [9.17, 15) is 4.79 Å². The van der Waals surface area contributed by atoms with E-state index in [0.29, 0.717) is 0 Å². The lowest BCUT2D eigenvalue weighted by Crippen LogP contribution is -2.44. The van der Waals surface area contributed by atoms with Gasteiger partial charge in [0.2, 0.25) is 8.32 Å². The summed E-state index contributed by atoms with van der Waals surface area (Å²) in [6, 6.07) is -0.650. The molecule has 0 spiro atoms. The van der Waals surface area contributed by atoms with E-state index in [-0.39, 0.29) is 12.6 Å². The second kappa shape index (κ2) is 5.24. The monoisotopic (exact) mass is 249 g/mol. The van der Waals surface area contributed by atoms with Crippen LogP contribution in [0.1, 0.15) is 0 Å². The lowest BCUT2D eigenvalue weighted by molar-refractivity contribution is -0.137. The van der Waals surface area contributed by atoms with Crippen LogP contribution in [0.3, 0.4) is 0 Å². The van der Waals surface area contributed by atoms with Gasteiger partial charge in [0.15, 0.2) is 8.32 Å². The van der Waals surface area contributed by atoms with Gasteiger partial charge in [-0.25, -0.2) is 0 Å². The summed E-state index contributed by atoms with van der Waals surface area (Å²) < 4.78 is 10.8. The topological polar surface area (TPSA) is 61.5 Å². The average Bonchev–Trinajstić information content (AvgIpc) is 1.95. The van der Waals surface area contributed by atoms with Crippen molar-refractivity contribution in [3.05, 3.63) is 0 Å². The molecule has 1 atom stereocenters. The number of carbonyl (C=O) groups is 1. The Bertz CT molecular complexity index is 220. The highest BCUT2D eigenvalue weighted by Gasteiger charge is 2.25. The Labute approximate surface area is 94.4 Å². The fraction of sp³-hybridized carbons (Fsp3) is 0.889. The summed E-state index contributed by atoms with van der Waals surface area (Å²) in [5.74, 6) is -0.340. The van der Waals surface area contributed by atoms with Crippen LogP contribution < -0.4 is 5.73 Å². The van der Waals surface area contributed by atoms with Gasteiger partial charge < -0.3 is 14.6 Å². The molecule has 2 N–H and O–H groups in total. The third kappa shape index (κ3) is 8.79. The Morgan fingerprint density at radius 2 is 1.60 bits per heavy atom. The highest BCUT2D eigenvalue weighted by molar-refractivity contribution is 6.71. The number of rotatable bonds is 5. The van der Waals surface area contributed by atoms with E-state index in [4.69, 9.17) is 14.6 Å². The Kier molecular flexibility index (Phi) is 5.18. The SMILES string of the molecule is C[Si](C)(C)OC[C@H](N)C(=O)O[Si](C)(C)C. The first-order valence-electron chi connectivity index (χ1n) is 5.14. The fourth-order valence-corrected chi connectivity index (χ4v) is 2.22. The van der Waals surface area contributed by atoms with Crippen LogP contribution in [-0.4, -0.2) is 35.3 Å². The molecule has 15 heavy (non-hydrogen) atoms. The van der Waals surface area contributed by atoms with Crippen molar-refractivity contribution in [2.45, 2.75) is 45.3 Å². The standard InChI is InChI=1S/C9H23NO3Si2/c1-14(2,3)12-7-8(10)9(11)13-15(4,5)6/h8H,7,10H2,1-6H3/t8-/m0/s1. The number of hydrogen-bond acceptors (Lipinski definition) is 4. The molecule has 0 amide bonds. The Hall–Kier alpha value is -0.176. The maximum Gasteiger partial charge on any atom is 0.311 e. The predicted molar refractivity (Wildman–Crippen MR) is 66.7 cm³/mol. The molecule has 6 heteroatoms. The second-order valence-electron chi connectivity index (χ2n) is 5.56. The van der Waals surface area contributed by atoms with Crippen LogP contribution in [0.15, 0.2) is 0 Å². The van der Waals surface area contributed by atoms with Crippen molar-refractivity contribution in [1.82, 2.24) is 0 Å². The van der Waals surface area contributed by atoms with Gasteiger partial charge in [-0.2, -0.15) is 0 Å². The Balaban J connectivity index is 4.01. The van der Waals surface area contributed by atoms with Crippen molar-refractivity contribution >= 4 is 22.6 Å². The molecule has 0 aliphatic heterocycles. The fourth-order valence-electron chi connectivity index (χ4n) is 0.785. The third-order valence-corrected chi connectivity index (χ3v) is 3.25. The molecule has 0 fully saturated rings. The Morgan fingerprint density at radius 1 is 1.13 bits per heavy atom. The number of carbonyl (C=O) groups excluding carboxylic acids is 1. The normalized spacial score (nSPS) is 14.9. The molecule has 0 aliphatic carbocycles. The van der Waals surface area contributed by atoms with Gasteiger partial charge in [-0.1, -0.05) is 0 Å². The van der Waals surface area contributed by atoms with Crippen LogP contribution >= 0.6 is 0 Å². The highest BCUT2D eigenvalue weighted by Crippen LogP contribution is 2.06. The molecule has 0 aromatic carbocycles. The van der Waals surface area contributed by atoms with Crippen molar-refractivity contribution < 1.29 is 13.6 Å². The molecule has 0 unspecified atom stereocenters. The van der Waals surface area contributed by atoms with E-state index in [1.54, 1.807) is 0 Å². The molecule has 0 rings (SSSR count). The average molecular weight is 249 g/mol. The van der Waals surface area contributed by atoms with Gasteiger partial charge in [0, 0.05) is 0 Å². The highest BCUT2D eigenvalue weighted by atomic mass is 28.4. The van der Waals surface area contributed by atoms with Gasteiger partial charge in [-0.05, 0) is 39.3 Å². The molecular weight excluding hydrogens is 226 g/mol. The van der Waals surface area contributed by atoms with E-state index in [1.807, 2.05) is 19.6 Å². The molecule has 0 heterocycles. The summed E-state index contributed by atoms with van der Waals surface area (Å²) in [4.78, 5) is 11.5. The zero-order valence-electron chi connectivity index (χ0n) is 10.6. The van der Waals surface area contributed by atoms with Gasteiger partial charge in [-0.3, -0.25) is 4.79 Å². The molecule has 0 aromatic rings. The van der Waals surface area contributed by atoms with Crippen LogP contribution in [0.5, 0.6) is 0 Å². The largest absolute Gasteiger partial charge is 0.519 e. The van der Waals surface area contributed by atoms with E-state index < -0.39 is 22.7 Å². The quantitative estimate of drug-likeness (QED) is 0.751. The second-order valence-corrected chi connectivity index (χ2v) is 14.5. The number of hydrogen-bond donors (Lipinski definition) is 1. The van der Waals surface area contributed by atoms with Gasteiger partial charge in [0.05, 0.1) is 6.61 Å². The summed E-state index contributed by atoms with van der Waals surface area (Å²) in [5.41, 5.74) is 5.68. The molecule has 0 aromatic heterocycles. The van der Waals surface area contributed by atoms with E-state index >= 15 is 0 Å². The lowest BCUT2D eigenvalue weighted by atomic mass is 10.3. The zero-order chi connectivity index (χ0) is 12.3. The van der Waals surface area contributed by atoms with E-state index in [2.05, 4.69) is 19.6 Å². The molecule has 0 saturated carbocycles. The third-order valence-electron chi connectivity index (χ3n) is 1.41. The summed E-state index contributed by atoms with van der Waals surface area (Å²) in [6.45, 7) is 12.3. The van der Waals surface area contributed by atoms with Gasteiger partial charge >= 0.3 is 5.97 Å². The minimum atomic E-state index is -1.83. The molecule has 4 nitrogen and oxygen atoms in total. The molecular formula is C9H23NO3Si2. The minimum absolute atomic E-state index is 0.263. The van der Waals surface area contributed by atoms with Gasteiger partial charge in [0.25, 0.3) is 0 Å². The first-order chi connectivity index (χ1) is 6.51. The van der Waals surface area contributed by atoms with Crippen LogP contribution in [0, 0.1) is 0 Å². The van der Waals surface area contributed by atoms with Crippen LogP contribution in [0.4, 0.5) is 0 Å². The molecule has 0 radical (unpaired) electrons. The number of nitrogens with two attached hydrogens (primary N) is 1. The molecule has 0 saturated heterocycles. The maximum atomic E-state index is 11.5.